The molecule has 0 unspecified atom stereocenters. The minimum absolute atomic E-state index is 0.00626. The fraction of sp³-hybridized carbons (Fsp3) is 0.333. The lowest BCUT2D eigenvalue weighted by Crippen LogP contribution is -2.23. The Morgan fingerprint density at radius 1 is 1.09 bits per heavy atom. The predicted octanol–water partition coefficient (Wildman–Crippen LogP) is 2.63. The molecule has 1 N–H and O–H groups in total. The van der Waals surface area contributed by atoms with E-state index >= 15 is 0 Å². The molecule has 0 saturated heterocycles. The van der Waals surface area contributed by atoms with Gasteiger partial charge >= 0.3 is 0 Å². The number of carbonyl (C=O) groups is 2. The number of hydrogen-bond donors (Lipinski definition) is 1. The molecule has 22 heavy (non-hydrogen) atoms. The number of nitrogens with zero attached hydrogens (tertiary/aromatic N) is 1. The molecule has 0 saturated carbocycles. The van der Waals surface area contributed by atoms with Gasteiger partial charge in [0.05, 0.1) is 5.69 Å². The molecule has 2 rings (SSSR count). The van der Waals surface area contributed by atoms with Crippen LogP contribution in [0.15, 0.2) is 36.4 Å². The summed E-state index contributed by atoms with van der Waals surface area (Å²) in [7, 11) is 1.87. The number of aryl methyl sites for hydroxylation is 2. The van der Waals surface area contributed by atoms with Crippen LogP contribution in [0.4, 0.5) is 0 Å². The molecule has 0 spiro atoms. The number of ketones is 1. The maximum Gasteiger partial charge on any atom is 0.220 e. The molecule has 1 amide bonds. The fourth-order valence-corrected chi connectivity index (χ4v) is 2.41. The van der Waals surface area contributed by atoms with Gasteiger partial charge in [-0.15, -0.1) is 0 Å². The number of nitrogens with one attached hydrogen (secondary N) is 1. The normalized spacial score (nSPS) is 10.5. The first-order chi connectivity index (χ1) is 10.5. The van der Waals surface area contributed by atoms with E-state index in [0.29, 0.717) is 30.6 Å². The number of hydrogen-bond acceptors (Lipinski definition) is 2. The van der Waals surface area contributed by atoms with E-state index in [1.807, 2.05) is 61.9 Å². The topological polar surface area (TPSA) is 51.1 Å². The smallest absolute Gasteiger partial charge is 0.220 e. The highest BCUT2D eigenvalue weighted by molar-refractivity contribution is 6.08. The van der Waals surface area contributed by atoms with Crippen molar-refractivity contribution in [2.75, 3.05) is 6.54 Å². The van der Waals surface area contributed by atoms with E-state index in [1.165, 1.54) is 0 Å². The number of aromatic nitrogens is 1. The van der Waals surface area contributed by atoms with Crippen molar-refractivity contribution in [1.82, 2.24) is 9.88 Å². The second kappa shape index (κ2) is 7.07. The Kier molecular flexibility index (Phi) is 5.15. The molecule has 0 aliphatic carbocycles. The molecule has 4 nitrogen and oxygen atoms in total. The molecule has 1 aromatic heterocycles. The third kappa shape index (κ3) is 3.64. The Balaban J connectivity index is 2.11. The molecule has 1 heterocycles. The van der Waals surface area contributed by atoms with Crippen molar-refractivity contribution in [3.05, 3.63) is 58.9 Å². The monoisotopic (exact) mass is 298 g/mol. The Bertz CT molecular complexity index is 669. The number of benzene rings is 1. The van der Waals surface area contributed by atoms with Crippen molar-refractivity contribution in [1.29, 1.82) is 0 Å². The maximum atomic E-state index is 12.5. The fourth-order valence-electron chi connectivity index (χ4n) is 2.41. The summed E-state index contributed by atoms with van der Waals surface area (Å²) in [6.07, 6.45) is 1.06. The Morgan fingerprint density at radius 2 is 1.77 bits per heavy atom. The minimum atomic E-state index is 0.00626. The van der Waals surface area contributed by atoms with E-state index < -0.39 is 0 Å². The van der Waals surface area contributed by atoms with Gasteiger partial charge in [-0.1, -0.05) is 29.8 Å². The van der Waals surface area contributed by atoms with Crippen molar-refractivity contribution >= 4 is 11.7 Å². The van der Waals surface area contributed by atoms with Crippen molar-refractivity contribution in [3.63, 3.8) is 0 Å². The second-order valence-corrected chi connectivity index (χ2v) is 5.42. The molecule has 4 heteroatoms. The van der Waals surface area contributed by atoms with Crippen molar-refractivity contribution in [3.8, 4) is 0 Å². The predicted molar refractivity (Wildman–Crippen MR) is 87.0 cm³/mol. The quantitative estimate of drug-likeness (QED) is 0.834. The van der Waals surface area contributed by atoms with Crippen LogP contribution in [-0.4, -0.2) is 22.8 Å². The summed E-state index contributed by atoms with van der Waals surface area (Å²) >= 11 is 0. The third-order valence-electron chi connectivity index (χ3n) is 3.75. The molecule has 0 atom stereocenters. The van der Waals surface area contributed by atoms with Crippen molar-refractivity contribution < 1.29 is 9.59 Å². The van der Waals surface area contributed by atoms with Crippen LogP contribution in [0.2, 0.25) is 0 Å². The van der Waals surface area contributed by atoms with E-state index in [2.05, 4.69) is 5.32 Å². The zero-order valence-electron chi connectivity index (χ0n) is 13.3. The average Bonchev–Trinajstić information content (AvgIpc) is 2.86. The molecule has 0 radical (unpaired) electrons. The van der Waals surface area contributed by atoms with Gasteiger partial charge in [-0.05, 0) is 32.4 Å². The zero-order chi connectivity index (χ0) is 16.1. The lowest BCUT2D eigenvalue weighted by Gasteiger charge is -2.08. The van der Waals surface area contributed by atoms with Gasteiger partial charge in [0, 0.05) is 31.3 Å². The molecule has 0 fully saturated rings. The number of carbonyl (C=O) groups excluding carboxylic acids is 2. The Labute approximate surface area is 131 Å². The Hall–Kier alpha value is -2.36. The van der Waals surface area contributed by atoms with Crippen LogP contribution in [0.3, 0.4) is 0 Å². The van der Waals surface area contributed by atoms with Gasteiger partial charge in [-0.25, -0.2) is 0 Å². The average molecular weight is 298 g/mol. The van der Waals surface area contributed by atoms with Gasteiger partial charge in [-0.2, -0.15) is 0 Å². The van der Waals surface area contributed by atoms with Gasteiger partial charge in [-0.3, -0.25) is 9.59 Å². The van der Waals surface area contributed by atoms with Crippen LogP contribution in [0.1, 0.15) is 40.7 Å². The first-order valence-electron chi connectivity index (χ1n) is 7.55. The summed E-state index contributed by atoms with van der Waals surface area (Å²) in [4.78, 5) is 24.1. The molecule has 1 aromatic carbocycles. The highest BCUT2D eigenvalue weighted by Crippen LogP contribution is 2.15. The van der Waals surface area contributed by atoms with Gasteiger partial charge in [0.2, 0.25) is 11.7 Å². The summed E-state index contributed by atoms with van der Waals surface area (Å²) in [5.74, 6) is 0.0434. The zero-order valence-corrected chi connectivity index (χ0v) is 13.3. The van der Waals surface area contributed by atoms with Crippen LogP contribution in [0.5, 0.6) is 0 Å². The first kappa shape index (κ1) is 16.0. The van der Waals surface area contributed by atoms with Gasteiger partial charge in [0.25, 0.3) is 0 Å². The first-order valence-corrected chi connectivity index (χ1v) is 7.55. The van der Waals surface area contributed by atoms with Crippen LogP contribution >= 0.6 is 0 Å². The molecule has 0 bridgehead atoms. The molecule has 116 valence electrons. The highest BCUT2D eigenvalue weighted by atomic mass is 16.1. The Morgan fingerprint density at radius 3 is 2.41 bits per heavy atom. The highest BCUT2D eigenvalue weighted by Gasteiger charge is 2.15. The second-order valence-electron chi connectivity index (χ2n) is 5.42. The van der Waals surface area contributed by atoms with Gasteiger partial charge < -0.3 is 9.88 Å². The number of amides is 1. The van der Waals surface area contributed by atoms with E-state index in [4.69, 9.17) is 0 Å². The summed E-state index contributed by atoms with van der Waals surface area (Å²) in [6, 6.07) is 11.3. The van der Waals surface area contributed by atoms with Crippen molar-refractivity contribution in [2.24, 2.45) is 7.05 Å². The molecule has 2 aromatic rings. The van der Waals surface area contributed by atoms with Gasteiger partial charge in [0.1, 0.15) is 0 Å². The lowest BCUT2D eigenvalue weighted by molar-refractivity contribution is -0.120. The van der Waals surface area contributed by atoms with Crippen LogP contribution in [0, 0.1) is 6.92 Å². The number of rotatable bonds is 6. The summed E-state index contributed by atoms with van der Waals surface area (Å²) in [5.41, 5.74) is 3.45. The summed E-state index contributed by atoms with van der Waals surface area (Å²) in [6.45, 7) is 4.54. The summed E-state index contributed by atoms with van der Waals surface area (Å²) < 4.78 is 1.88. The van der Waals surface area contributed by atoms with E-state index in [0.717, 1.165) is 11.3 Å². The van der Waals surface area contributed by atoms with E-state index in [-0.39, 0.29) is 11.7 Å². The van der Waals surface area contributed by atoms with E-state index in [9.17, 15) is 9.59 Å². The molecule has 0 aliphatic heterocycles. The van der Waals surface area contributed by atoms with Crippen molar-refractivity contribution in [2.45, 2.75) is 26.7 Å². The maximum absolute atomic E-state index is 12.5. The molecular formula is C18H22N2O2. The minimum Gasteiger partial charge on any atom is -0.356 e. The van der Waals surface area contributed by atoms with Gasteiger partial charge in [0.15, 0.2) is 0 Å². The third-order valence-corrected chi connectivity index (χ3v) is 3.75. The van der Waals surface area contributed by atoms with Crippen LogP contribution in [-0.2, 0) is 18.3 Å². The molecule has 0 aliphatic rings. The van der Waals surface area contributed by atoms with Crippen LogP contribution in [0.25, 0.3) is 0 Å². The largest absolute Gasteiger partial charge is 0.356 e. The molecular weight excluding hydrogens is 276 g/mol. The van der Waals surface area contributed by atoms with E-state index in [1.54, 1.807) is 0 Å². The van der Waals surface area contributed by atoms with Crippen LogP contribution < -0.4 is 5.32 Å². The standard InChI is InChI=1S/C18H22N2O2/c1-4-19-17(21)12-10-15-9-11-16(20(15)3)18(22)14-7-5-13(2)6-8-14/h5-9,11H,4,10,12H2,1-3H3,(H,19,21). The SMILES string of the molecule is CCNC(=O)CCc1ccc(C(=O)c2ccc(C)cc2)n1C. The lowest BCUT2D eigenvalue weighted by atomic mass is 10.1. The summed E-state index contributed by atoms with van der Waals surface area (Å²) in [5, 5.41) is 2.78.